The average molecular weight is 144 g/mol. The van der Waals surface area contributed by atoms with Crippen molar-refractivity contribution < 1.29 is 13.5 Å². The standard InChI is InChI=1S/C7H6F2O/c1-10-7-3-5(8)2-6(9)4-7/h2-4H,1H3. The van der Waals surface area contributed by atoms with E-state index in [1.54, 1.807) is 0 Å². The van der Waals surface area contributed by atoms with Crippen molar-refractivity contribution in [1.29, 1.82) is 0 Å². The smallest absolute Gasteiger partial charge is 0.129 e. The lowest BCUT2D eigenvalue weighted by molar-refractivity contribution is 0.407. The van der Waals surface area contributed by atoms with Gasteiger partial charge in [0.1, 0.15) is 17.4 Å². The summed E-state index contributed by atoms with van der Waals surface area (Å²) in [7, 11) is 1.36. The minimum absolute atomic E-state index is 0.192. The van der Waals surface area contributed by atoms with Gasteiger partial charge in [-0.05, 0) is 0 Å². The summed E-state index contributed by atoms with van der Waals surface area (Å²) in [5, 5.41) is 0. The molecule has 1 rings (SSSR count). The first-order valence-electron chi connectivity index (χ1n) is 2.72. The van der Waals surface area contributed by atoms with Gasteiger partial charge < -0.3 is 4.74 Å². The van der Waals surface area contributed by atoms with E-state index in [0.29, 0.717) is 0 Å². The van der Waals surface area contributed by atoms with Crippen LogP contribution in [0.5, 0.6) is 5.75 Å². The Labute approximate surface area is 57.2 Å². The van der Waals surface area contributed by atoms with Crippen LogP contribution in [0.1, 0.15) is 0 Å². The van der Waals surface area contributed by atoms with E-state index in [2.05, 4.69) is 4.74 Å². The molecular weight excluding hydrogens is 138 g/mol. The van der Waals surface area contributed by atoms with Crippen LogP contribution in [-0.2, 0) is 0 Å². The largest absolute Gasteiger partial charge is 0.497 e. The highest BCUT2D eigenvalue weighted by molar-refractivity contribution is 5.23. The number of benzene rings is 1. The fraction of sp³-hybridized carbons (Fsp3) is 0.143. The second-order valence-corrected chi connectivity index (χ2v) is 1.81. The van der Waals surface area contributed by atoms with E-state index < -0.39 is 11.6 Å². The molecule has 1 nitrogen and oxygen atoms in total. The molecule has 0 saturated heterocycles. The molecule has 0 saturated carbocycles. The number of ether oxygens (including phenoxy) is 1. The summed E-state index contributed by atoms with van der Waals surface area (Å²) in [6, 6.07) is 3.02. The Balaban J connectivity index is 3.06. The monoisotopic (exact) mass is 144 g/mol. The molecule has 0 amide bonds. The average Bonchev–Trinajstić information content (AvgIpc) is 1.85. The third-order valence-corrected chi connectivity index (χ3v) is 1.07. The Kier molecular flexibility index (Phi) is 1.85. The Morgan fingerprint density at radius 2 is 1.60 bits per heavy atom. The molecule has 0 fully saturated rings. The Morgan fingerprint density at radius 3 is 2.00 bits per heavy atom. The van der Waals surface area contributed by atoms with Gasteiger partial charge in [0.15, 0.2) is 0 Å². The number of hydrogen-bond acceptors (Lipinski definition) is 1. The van der Waals surface area contributed by atoms with E-state index in [0.717, 1.165) is 18.2 Å². The van der Waals surface area contributed by atoms with E-state index in [4.69, 9.17) is 0 Å². The van der Waals surface area contributed by atoms with Crippen molar-refractivity contribution >= 4 is 0 Å². The normalized spacial score (nSPS) is 9.50. The van der Waals surface area contributed by atoms with Gasteiger partial charge in [-0.3, -0.25) is 0 Å². The van der Waals surface area contributed by atoms with E-state index in [1.165, 1.54) is 7.11 Å². The van der Waals surface area contributed by atoms with Gasteiger partial charge in [-0.2, -0.15) is 0 Å². The van der Waals surface area contributed by atoms with Crippen molar-refractivity contribution in [3.05, 3.63) is 29.8 Å². The van der Waals surface area contributed by atoms with Gasteiger partial charge >= 0.3 is 0 Å². The molecule has 0 atom stereocenters. The minimum Gasteiger partial charge on any atom is -0.497 e. The zero-order chi connectivity index (χ0) is 7.56. The van der Waals surface area contributed by atoms with Gasteiger partial charge in [-0.15, -0.1) is 0 Å². The van der Waals surface area contributed by atoms with Crippen LogP contribution in [0.25, 0.3) is 0 Å². The van der Waals surface area contributed by atoms with E-state index in [-0.39, 0.29) is 5.75 Å². The maximum Gasteiger partial charge on any atom is 0.129 e. The summed E-state index contributed by atoms with van der Waals surface area (Å²) >= 11 is 0. The summed E-state index contributed by atoms with van der Waals surface area (Å²) in [5.74, 6) is -1.06. The lowest BCUT2D eigenvalue weighted by atomic mass is 10.3. The number of hydrogen-bond donors (Lipinski definition) is 0. The zero-order valence-electron chi connectivity index (χ0n) is 5.40. The summed E-state index contributed by atoms with van der Waals surface area (Å²) < 4.78 is 29.2. The van der Waals surface area contributed by atoms with Gasteiger partial charge in [0, 0.05) is 18.2 Å². The minimum atomic E-state index is -0.628. The Hall–Kier alpha value is -1.12. The quantitative estimate of drug-likeness (QED) is 0.585. The molecule has 0 aliphatic rings. The molecule has 0 N–H and O–H groups in total. The molecule has 0 aliphatic carbocycles. The molecule has 0 bridgehead atoms. The van der Waals surface area contributed by atoms with Gasteiger partial charge in [0.2, 0.25) is 0 Å². The van der Waals surface area contributed by atoms with Crippen LogP contribution in [0.15, 0.2) is 18.2 Å². The molecule has 10 heavy (non-hydrogen) atoms. The molecule has 0 aliphatic heterocycles. The van der Waals surface area contributed by atoms with Crippen molar-refractivity contribution in [2.24, 2.45) is 0 Å². The van der Waals surface area contributed by atoms with Crippen molar-refractivity contribution in [2.45, 2.75) is 0 Å². The predicted octanol–water partition coefficient (Wildman–Crippen LogP) is 1.97. The Morgan fingerprint density at radius 1 is 1.10 bits per heavy atom. The van der Waals surface area contributed by atoms with Crippen molar-refractivity contribution in [3.63, 3.8) is 0 Å². The van der Waals surface area contributed by atoms with E-state index in [9.17, 15) is 8.78 Å². The topological polar surface area (TPSA) is 9.23 Å². The molecule has 54 valence electrons. The van der Waals surface area contributed by atoms with Crippen LogP contribution < -0.4 is 4.74 Å². The summed E-state index contributed by atoms with van der Waals surface area (Å²) in [5.41, 5.74) is 0. The third kappa shape index (κ3) is 1.43. The van der Waals surface area contributed by atoms with Crippen LogP contribution in [0.4, 0.5) is 8.78 Å². The van der Waals surface area contributed by atoms with Crippen molar-refractivity contribution in [2.75, 3.05) is 7.11 Å². The van der Waals surface area contributed by atoms with Crippen molar-refractivity contribution in [3.8, 4) is 5.75 Å². The first kappa shape index (κ1) is 6.99. The summed E-state index contributed by atoms with van der Waals surface area (Å²) in [6.45, 7) is 0. The Bertz CT molecular complexity index is 215. The van der Waals surface area contributed by atoms with Gasteiger partial charge in [-0.25, -0.2) is 8.78 Å². The lowest BCUT2D eigenvalue weighted by Crippen LogP contribution is -1.85. The van der Waals surface area contributed by atoms with E-state index in [1.807, 2.05) is 0 Å². The maximum atomic E-state index is 12.3. The van der Waals surface area contributed by atoms with Crippen LogP contribution in [0, 0.1) is 11.6 Å². The third-order valence-electron chi connectivity index (χ3n) is 1.07. The van der Waals surface area contributed by atoms with Crippen LogP contribution in [-0.4, -0.2) is 7.11 Å². The molecule has 1 aromatic carbocycles. The van der Waals surface area contributed by atoms with Crippen LogP contribution in [0.2, 0.25) is 0 Å². The fourth-order valence-electron chi connectivity index (χ4n) is 0.646. The molecule has 1 aromatic rings. The first-order chi connectivity index (χ1) is 4.72. The number of halogens is 2. The maximum absolute atomic E-state index is 12.3. The van der Waals surface area contributed by atoms with Gasteiger partial charge in [-0.1, -0.05) is 0 Å². The van der Waals surface area contributed by atoms with Crippen LogP contribution in [0.3, 0.4) is 0 Å². The first-order valence-corrected chi connectivity index (χ1v) is 2.72. The summed E-state index contributed by atoms with van der Waals surface area (Å²) in [6.07, 6.45) is 0. The highest BCUT2D eigenvalue weighted by Crippen LogP contribution is 2.13. The second-order valence-electron chi connectivity index (χ2n) is 1.81. The van der Waals surface area contributed by atoms with Crippen molar-refractivity contribution in [1.82, 2.24) is 0 Å². The molecule has 0 aromatic heterocycles. The van der Waals surface area contributed by atoms with Gasteiger partial charge in [0.25, 0.3) is 0 Å². The van der Waals surface area contributed by atoms with Gasteiger partial charge in [0.05, 0.1) is 7.11 Å². The summed E-state index contributed by atoms with van der Waals surface area (Å²) in [4.78, 5) is 0. The van der Waals surface area contributed by atoms with E-state index >= 15 is 0 Å². The SMILES string of the molecule is COc1cc(F)cc(F)c1. The van der Waals surface area contributed by atoms with Crippen LogP contribution >= 0.6 is 0 Å². The molecule has 0 heterocycles. The highest BCUT2D eigenvalue weighted by Gasteiger charge is 1.98. The molecule has 0 unspecified atom stereocenters. The molecule has 0 spiro atoms. The molecular formula is C7H6F2O. The number of methoxy groups -OCH3 is 1. The fourth-order valence-corrected chi connectivity index (χ4v) is 0.646. The second kappa shape index (κ2) is 2.64. The number of rotatable bonds is 1. The highest BCUT2D eigenvalue weighted by atomic mass is 19.1. The lowest BCUT2D eigenvalue weighted by Gasteiger charge is -1.97. The molecule has 3 heteroatoms. The molecule has 0 radical (unpaired) electrons. The zero-order valence-corrected chi connectivity index (χ0v) is 5.40. The predicted molar refractivity (Wildman–Crippen MR) is 32.9 cm³/mol.